The van der Waals surface area contributed by atoms with Gasteiger partial charge >= 0.3 is 0 Å². The maximum atomic E-state index is 3.62. The van der Waals surface area contributed by atoms with Gasteiger partial charge in [0.05, 0.1) is 0 Å². The van der Waals surface area contributed by atoms with E-state index in [2.05, 4.69) is 64.0 Å². The lowest BCUT2D eigenvalue weighted by Crippen LogP contribution is -2.51. The molecule has 1 aromatic rings. The zero-order valence-corrected chi connectivity index (χ0v) is 14.5. The first-order chi connectivity index (χ1) is 9.69. The number of nitrogens with zero attached hydrogens (tertiary/aromatic N) is 1. The Morgan fingerprint density at radius 2 is 1.95 bits per heavy atom. The summed E-state index contributed by atoms with van der Waals surface area (Å²) < 4.78 is 1.32. The molecular formula is C17H25IN2. The Morgan fingerprint density at radius 3 is 2.65 bits per heavy atom. The van der Waals surface area contributed by atoms with E-state index in [4.69, 9.17) is 0 Å². The molecule has 2 nitrogen and oxygen atoms in total. The lowest BCUT2D eigenvalue weighted by Gasteiger charge is -2.47. The van der Waals surface area contributed by atoms with Crippen LogP contribution in [0.3, 0.4) is 0 Å². The molecule has 0 amide bonds. The van der Waals surface area contributed by atoms with Gasteiger partial charge < -0.3 is 5.32 Å². The Bertz CT molecular complexity index is 431. The van der Waals surface area contributed by atoms with E-state index in [0.717, 1.165) is 0 Å². The van der Waals surface area contributed by atoms with E-state index in [1.807, 2.05) is 0 Å². The van der Waals surface area contributed by atoms with Gasteiger partial charge in [-0.25, -0.2) is 0 Å². The fourth-order valence-corrected chi connectivity index (χ4v) is 4.27. The van der Waals surface area contributed by atoms with E-state index in [9.17, 15) is 0 Å². The van der Waals surface area contributed by atoms with Crippen LogP contribution in [0.1, 0.15) is 44.2 Å². The highest BCUT2D eigenvalue weighted by molar-refractivity contribution is 14.1. The first-order valence-electron chi connectivity index (χ1n) is 7.89. The molecule has 2 fully saturated rings. The van der Waals surface area contributed by atoms with E-state index in [-0.39, 0.29) is 0 Å². The van der Waals surface area contributed by atoms with E-state index < -0.39 is 0 Å². The summed E-state index contributed by atoms with van der Waals surface area (Å²) in [6.45, 7) is 7.34. The third-order valence-electron chi connectivity index (χ3n) is 5.15. The number of benzene rings is 1. The van der Waals surface area contributed by atoms with E-state index in [1.165, 1.54) is 61.0 Å². The zero-order valence-electron chi connectivity index (χ0n) is 12.4. The molecule has 2 aliphatic heterocycles. The van der Waals surface area contributed by atoms with Crippen LogP contribution in [0, 0.1) is 8.99 Å². The summed E-state index contributed by atoms with van der Waals surface area (Å²) in [4.78, 5) is 2.71. The van der Waals surface area contributed by atoms with Gasteiger partial charge in [0.1, 0.15) is 0 Å². The molecule has 2 saturated heterocycles. The van der Waals surface area contributed by atoms with E-state index in [0.29, 0.717) is 11.5 Å². The first kappa shape index (κ1) is 14.8. The highest BCUT2D eigenvalue weighted by atomic mass is 127. The minimum atomic E-state index is 0.547. The largest absolute Gasteiger partial charge is 0.316 e. The highest BCUT2D eigenvalue weighted by Crippen LogP contribution is 2.38. The first-order valence-corrected chi connectivity index (χ1v) is 8.97. The molecule has 110 valence electrons. The minimum absolute atomic E-state index is 0.547. The van der Waals surface area contributed by atoms with Gasteiger partial charge in [-0.05, 0) is 91.4 Å². The van der Waals surface area contributed by atoms with Crippen molar-refractivity contribution < 1.29 is 0 Å². The second-order valence-electron chi connectivity index (χ2n) is 6.58. The lowest BCUT2D eigenvalue weighted by atomic mass is 9.74. The fourth-order valence-electron chi connectivity index (χ4n) is 3.91. The molecule has 2 aliphatic rings. The van der Waals surface area contributed by atoms with Crippen molar-refractivity contribution in [3.05, 3.63) is 33.4 Å². The van der Waals surface area contributed by atoms with Gasteiger partial charge in [0.25, 0.3) is 0 Å². The molecule has 1 aromatic carbocycles. The summed E-state index contributed by atoms with van der Waals surface area (Å²) in [5.74, 6) is 0. The summed E-state index contributed by atoms with van der Waals surface area (Å²) in [6.07, 6.45) is 5.54. The summed E-state index contributed by atoms with van der Waals surface area (Å²) in [7, 11) is 0. The molecule has 3 rings (SSSR count). The van der Waals surface area contributed by atoms with Crippen molar-refractivity contribution in [2.24, 2.45) is 5.41 Å². The summed E-state index contributed by atoms with van der Waals surface area (Å²) in [5.41, 5.74) is 2.01. The minimum Gasteiger partial charge on any atom is -0.316 e. The quantitative estimate of drug-likeness (QED) is 0.780. The van der Waals surface area contributed by atoms with Gasteiger partial charge in [-0.15, -0.1) is 0 Å². The van der Waals surface area contributed by atoms with Crippen molar-refractivity contribution in [2.45, 2.75) is 38.6 Å². The number of rotatable bonds is 2. The standard InChI is InChI=1S/C17H25IN2/c1-14(15-4-6-16(18)7-5-15)20-11-3-9-17(13-20)8-2-10-19-12-17/h4-7,14,19H,2-3,8-13H2,1H3. The Labute approximate surface area is 136 Å². The van der Waals surface area contributed by atoms with Crippen molar-refractivity contribution in [1.82, 2.24) is 10.2 Å². The second kappa shape index (κ2) is 6.32. The number of hydrogen-bond acceptors (Lipinski definition) is 2. The van der Waals surface area contributed by atoms with Crippen molar-refractivity contribution in [3.63, 3.8) is 0 Å². The molecule has 1 N–H and O–H groups in total. The van der Waals surface area contributed by atoms with Crippen LogP contribution in [0.5, 0.6) is 0 Å². The smallest absolute Gasteiger partial charge is 0.0320 e. The maximum Gasteiger partial charge on any atom is 0.0320 e. The molecule has 3 heteroatoms. The number of likely N-dealkylation sites (tertiary alicyclic amines) is 1. The van der Waals surface area contributed by atoms with Crippen molar-refractivity contribution in [1.29, 1.82) is 0 Å². The molecule has 20 heavy (non-hydrogen) atoms. The number of nitrogens with one attached hydrogen (secondary N) is 1. The van der Waals surface area contributed by atoms with Crippen LogP contribution in [0.25, 0.3) is 0 Å². The summed E-state index contributed by atoms with van der Waals surface area (Å²) in [6, 6.07) is 9.61. The van der Waals surface area contributed by atoms with Crippen LogP contribution in [-0.2, 0) is 0 Å². The Morgan fingerprint density at radius 1 is 1.20 bits per heavy atom. The predicted molar refractivity (Wildman–Crippen MR) is 92.9 cm³/mol. The Balaban J connectivity index is 1.71. The highest BCUT2D eigenvalue weighted by Gasteiger charge is 2.37. The number of hydrogen-bond donors (Lipinski definition) is 1. The number of piperidine rings is 2. The van der Waals surface area contributed by atoms with E-state index in [1.54, 1.807) is 0 Å². The van der Waals surface area contributed by atoms with Gasteiger partial charge in [-0.2, -0.15) is 0 Å². The lowest BCUT2D eigenvalue weighted by molar-refractivity contribution is 0.0416. The van der Waals surface area contributed by atoms with Crippen molar-refractivity contribution in [3.8, 4) is 0 Å². The van der Waals surface area contributed by atoms with Crippen LogP contribution in [0.15, 0.2) is 24.3 Å². The molecule has 1 spiro atoms. The van der Waals surface area contributed by atoms with Crippen LogP contribution < -0.4 is 5.32 Å². The molecule has 2 atom stereocenters. The van der Waals surface area contributed by atoms with Gasteiger partial charge in [0.15, 0.2) is 0 Å². The zero-order chi connectivity index (χ0) is 14.0. The van der Waals surface area contributed by atoms with Crippen LogP contribution in [0.4, 0.5) is 0 Å². The van der Waals surface area contributed by atoms with Gasteiger partial charge in [-0.3, -0.25) is 4.90 Å². The third-order valence-corrected chi connectivity index (χ3v) is 5.87. The van der Waals surface area contributed by atoms with E-state index >= 15 is 0 Å². The number of halogens is 1. The van der Waals surface area contributed by atoms with Crippen molar-refractivity contribution in [2.75, 3.05) is 26.2 Å². The second-order valence-corrected chi connectivity index (χ2v) is 7.83. The van der Waals surface area contributed by atoms with Gasteiger partial charge in [0.2, 0.25) is 0 Å². The maximum absolute atomic E-state index is 3.62. The van der Waals surface area contributed by atoms with Gasteiger partial charge in [-0.1, -0.05) is 12.1 Å². The Hall–Kier alpha value is -0.130. The molecule has 2 unspecified atom stereocenters. The molecule has 0 radical (unpaired) electrons. The van der Waals surface area contributed by atoms with Crippen molar-refractivity contribution >= 4 is 22.6 Å². The fraction of sp³-hybridized carbons (Fsp3) is 0.647. The monoisotopic (exact) mass is 384 g/mol. The molecular weight excluding hydrogens is 359 g/mol. The molecule has 0 bridgehead atoms. The predicted octanol–water partition coefficient (Wildman–Crippen LogP) is 3.82. The molecule has 0 saturated carbocycles. The summed E-state index contributed by atoms with van der Waals surface area (Å²) in [5, 5.41) is 3.62. The summed E-state index contributed by atoms with van der Waals surface area (Å²) >= 11 is 2.38. The van der Waals surface area contributed by atoms with Gasteiger partial charge in [0, 0.05) is 22.7 Å². The normalized spacial score (nSPS) is 29.5. The average Bonchev–Trinajstić information content (AvgIpc) is 2.48. The van der Waals surface area contributed by atoms with Crippen LogP contribution >= 0.6 is 22.6 Å². The molecule has 0 aromatic heterocycles. The van der Waals surface area contributed by atoms with Crippen LogP contribution in [-0.4, -0.2) is 31.1 Å². The molecule has 0 aliphatic carbocycles. The average molecular weight is 384 g/mol. The van der Waals surface area contributed by atoms with Crippen LogP contribution in [0.2, 0.25) is 0 Å². The SMILES string of the molecule is CC(c1ccc(I)cc1)N1CCCC2(CCCNC2)C1. The molecule has 2 heterocycles. The Kier molecular flexibility index (Phi) is 4.68. The topological polar surface area (TPSA) is 15.3 Å². The third kappa shape index (κ3) is 3.20.